The molecule has 0 unspecified atom stereocenters. The molecular formula is C15H21BrCl2N2O2. The molecule has 124 valence electrons. The standard InChI is InChI=1S/C15H19BrN2O2.2ClH/c1-2-3-13(18-6-4-17-5-7-18)11-8-14-15(9-12(11)16)20-10-19-14;;/h2,8-9,13,17H,1,3-7,10H2;2*1H/t13-;;/m1../s1. The maximum absolute atomic E-state index is 5.51. The van der Waals surface area contributed by atoms with Gasteiger partial charge in [-0.1, -0.05) is 22.0 Å². The second kappa shape index (κ2) is 8.99. The zero-order chi connectivity index (χ0) is 13.9. The van der Waals surface area contributed by atoms with Crippen molar-refractivity contribution in [2.45, 2.75) is 12.5 Å². The Hall–Kier alpha value is -0.460. The Morgan fingerprint density at radius 3 is 2.50 bits per heavy atom. The van der Waals surface area contributed by atoms with E-state index >= 15 is 0 Å². The van der Waals surface area contributed by atoms with E-state index in [9.17, 15) is 0 Å². The number of hydrogen-bond donors (Lipinski definition) is 1. The van der Waals surface area contributed by atoms with Crippen molar-refractivity contribution in [3.8, 4) is 11.5 Å². The third kappa shape index (κ3) is 4.09. The summed E-state index contributed by atoms with van der Waals surface area (Å²) in [7, 11) is 0. The Bertz CT molecular complexity index is 511. The number of fused-ring (bicyclic) bond motifs is 1. The summed E-state index contributed by atoms with van der Waals surface area (Å²) >= 11 is 3.67. The van der Waals surface area contributed by atoms with Gasteiger partial charge in [0.05, 0.1) is 0 Å². The van der Waals surface area contributed by atoms with Crippen molar-refractivity contribution in [2.75, 3.05) is 33.0 Å². The number of nitrogens with one attached hydrogen (secondary N) is 1. The molecule has 0 aromatic heterocycles. The summed E-state index contributed by atoms with van der Waals surface area (Å²) in [6, 6.07) is 4.44. The van der Waals surface area contributed by atoms with Crippen molar-refractivity contribution >= 4 is 40.7 Å². The molecule has 2 heterocycles. The number of nitrogens with zero attached hydrogens (tertiary/aromatic N) is 1. The molecule has 3 rings (SSSR count). The minimum atomic E-state index is 0. The molecule has 1 aromatic carbocycles. The van der Waals surface area contributed by atoms with Crippen molar-refractivity contribution in [1.29, 1.82) is 0 Å². The van der Waals surface area contributed by atoms with Gasteiger partial charge in [-0.15, -0.1) is 31.4 Å². The van der Waals surface area contributed by atoms with Crippen LogP contribution in [0.2, 0.25) is 0 Å². The lowest BCUT2D eigenvalue weighted by Crippen LogP contribution is -2.45. The molecule has 2 aliphatic rings. The fraction of sp³-hybridized carbons (Fsp3) is 0.467. The van der Waals surface area contributed by atoms with Crippen LogP contribution < -0.4 is 14.8 Å². The Kier molecular flexibility index (Phi) is 8.00. The van der Waals surface area contributed by atoms with Gasteiger partial charge in [0.15, 0.2) is 11.5 Å². The van der Waals surface area contributed by atoms with Crippen molar-refractivity contribution in [2.24, 2.45) is 0 Å². The molecule has 1 fully saturated rings. The van der Waals surface area contributed by atoms with Crippen molar-refractivity contribution in [3.63, 3.8) is 0 Å². The quantitative estimate of drug-likeness (QED) is 0.768. The number of halogens is 3. The van der Waals surface area contributed by atoms with E-state index < -0.39 is 0 Å². The van der Waals surface area contributed by atoms with Crippen LogP contribution >= 0.6 is 40.7 Å². The van der Waals surface area contributed by atoms with E-state index in [0.717, 1.165) is 48.6 Å². The summed E-state index contributed by atoms with van der Waals surface area (Å²) in [5, 5.41) is 3.40. The van der Waals surface area contributed by atoms with Crippen LogP contribution in [0.4, 0.5) is 0 Å². The van der Waals surface area contributed by atoms with Crippen LogP contribution in [0.1, 0.15) is 18.0 Å². The largest absolute Gasteiger partial charge is 0.454 e. The van der Waals surface area contributed by atoms with E-state index in [2.05, 4.69) is 38.8 Å². The highest BCUT2D eigenvalue weighted by atomic mass is 79.9. The molecule has 7 heteroatoms. The number of ether oxygens (including phenoxy) is 2. The van der Waals surface area contributed by atoms with Gasteiger partial charge in [-0.2, -0.15) is 0 Å². The normalized spacial score (nSPS) is 18.0. The second-order valence-electron chi connectivity index (χ2n) is 5.05. The molecule has 0 bridgehead atoms. The molecule has 0 aliphatic carbocycles. The molecule has 1 saturated heterocycles. The highest BCUT2D eigenvalue weighted by molar-refractivity contribution is 9.10. The summed E-state index contributed by atoms with van der Waals surface area (Å²) < 4.78 is 12.0. The van der Waals surface area contributed by atoms with Gasteiger partial charge in [0.25, 0.3) is 0 Å². The molecule has 1 atom stereocenters. The van der Waals surface area contributed by atoms with Gasteiger partial charge in [-0.25, -0.2) is 0 Å². The third-order valence-corrected chi connectivity index (χ3v) is 4.52. The summed E-state index contributed by atoms with van der Waals surface area (Å²) in [5.41, 5.74) is 1.25. The SMILES string of the molecule is C=CC[C@H](c1cc2c(cc1Br)OCO2)N1CCNCC1.Cl.Cl. The van der Waals surface area contributed by atoms with Crippen molar-refractivity contribution in [1.82, 2.24) is 10.2 Å². The van der Waals surface area contributed by atoms with Gasteiger partial charge in [-0.05, 0) is 24.1 Å². The molecule has 0 saturated carbocycles. The van der Waals surface area contributed by atoms with E-state index in [1.807, 2.05) is 12.1 Å². The van der Waals surface area contributed by atoms with Crippen LogP contribution in [0.3, 0.4) is 0 Å². The predicted molar refractivity (Wildman–Crippen MR) is 96.8 cm³/mol. The highest BCUT2D eigenvalue weighted by Gasteiger charge is 2.25. The topological polar surface area (TPSA) is 33.7 Å². The van der Waals surface area contributed by atoms with Gasteiger partial charge in [0.2, 0.25) is 6.79 Å². The molecular weight excluding hydrogens is 391 g/mol. The van der Waals surface area contributed by atoms with Crippen LogP contribution in [0.15, 0.2) is 29.3 Å². The zero-order valence-electron chi connectivity index (χ0n) is 12.2. The molecule has 2 aliphatic heterocycles. The van der Waals surface area contributed by atoms with Crippen molar-refractivity contribution < 1.29 is 9.47 Å². The first kappa shape index (κ1) is 19.6. The van der Waals surface area contributed by atoms with Crippen molar-refractivity contribution in [3.05, 3.63) is 34.8 Å². The minimum Gasteiger partial charge on any atom is -0.454 e. The van der Waals surface area contributed by atoms with E-state index in [1.54, 1.807) is 0 Å². The van der Waals surface area contributed by atoms with Crippen LogP contribution in [0.5, 0.6) is 11.5 Å². The minimum absolute atomic E-state index is 0. The predicted octanol–water partition coefficient (Wildman–Crippen LogP) is 3.54. The van der Waals surface area contributed by atoms with Gasteiger partial charge in [0, 0.05) is 36.7 Å². The maximum atomic E-state index is 5.51. The average Bonchev–Trinajstić information content (AvgIpc) is 2.92. The van der Waals surface area contributed by atoms with Gasteiger partial charge in [0.1, 0.15) is 0 Å². The molecule has 0 radical (unpaired) electrons. The molecule has 4 nitrogen and oxygen atoms in total. The van der Waals surface area contributed by atoms with E-state index in [1.165, 1.54) is 5.56 Å². The Balaban J connectivity index is 0.00000121. The molecule has 0 amide bonds. The highest BCUT2D eigenvalue weighted by Crippen LogP contribution is 2.41. The summed E-state index contributed by atoms with van der Waals surface area (Å²) in [6.45, 7) is 8.40. The average molecular weight is 412 g/mol. The zero-order valence-corrected chi connectivity index (χ0v) is 15.4. The van der Waals surface area contributed by atoms with E-state index in [0.29, 0.717) is 12.8 Å². The first-order valence-electron chi connectivity index (χ1n) is 6.94. The van der Waals surface area contributed by atoms with Gasteiger partial charge >= 0.3 is 0 Å². The van der Waals surface area contributed by atoms with E-state index in [4.69, 9.17) is 9.47 Å². The summed E-state index contributed by atoms with van der Waals surface area (Å²) in [4.78, 5) is 2.50. The Labute approximate surface area is 152 Å². The maximum Gasteiger partial charge on any atom is 0.231 e. The van der Waals surface area contributed by atoms with Crippen LogP contribution in [-0.4, -0.2) is 37.9 Å². The molecule has 1 N–H and O–H groups in total. The Morgan fingerprint density at radius 1 is 1.23 bits per heavy atom. The third-order valence-electron chi connectivity index (χ3n) is 3.83. The van der Waals surface area contributed by atoms with Crippen LogP contribution in [0, 0.1) is 0 Å². The monoisotopic (exact) mass is 410 g/mol. The number of piperazine rings is 1. The first-order chi connectivity index (χ1) is 9.79. The number of hydrogen-bond acceptors (Lipinski definition) is 4. The van der Waals surface area contributed by atoms with E-state index in [-0.39, 0.29) is 24.8 Å². The molecule has 1 aromatic rings. The fourth-order valence-corrected chi connectivity index (χ4v) is 3.40. The molecule has 0 spiro atoms. The summed E-state index contributed by atoms with van der Waals surface area (Å²) in [5.74, 6) is 1.66. The lowest BCUT2D eigenvalue weighted by molar-refractivity contribution is 0.171. The first-order valence-corrected chi connectivity index (χ1v) is 7.73. The lowest BCUT2D eigenvalue weighted by Gasteiger charge is -2.35. The smallest absolute Gasteiger partial charge is 0.231 e. The fourth-order valence-electron chi connectivity index (χ4n) is 2.81. The lowest BCUT2D eigenvalue weighted by atomic mass is 10.0. The number of benzene rings is 1. The second-order valence-corrected chi connectivity index (χ2v) is 5.91. The van der Waals surface area contributed by atoms with Gasteiger partial charge < -0.3 is 14.8 Å². The molecule has 22 heavy (non-hydrogen) atoms. The van der Waals surface area contributed by atoms with Crippen LogP contribution in [-0.2, 0) is 0 Å². The Morgan fingerprint density at radius 2 is 1.86 bits per heavy atom. The van der Waals surface area contributed by atoms with Gasteiger partial charge in [-0.3, -0.25) is 4.90 Å². The van der Waals surface area contributed by atoms with Crippen LogP contribution in [0.25, 0.3) is 0 Å². The number of rotatable bonds is 4. The summed E-state index contributed by atoms with van der Waals surface area (Å²) in [6.07, 6.45) is 2.92.